The van der Waals surface area contributed by atoms with E-state index in [1.54, 1.807) is 0 Å². The lowest BCUT2D eigenvalue weighted by atomic mass is 9.49. The Balaban J connectivity index is 1.34. The van der Waals surface area contributed by atoms with Crippen molar-refractivity contribution in [3.05, 3.63) is 28.2 Å². The molecule has 0 radical (unpaired) electrons. The summed E-state index contributed by atoms with van der Waals surface area (Å²) < 4.78 is 1.00. The third-order valence-electron chi connectivity index (χ3n) is 7.75. The topological polar surface area (TPSA) is 49.4 Å². The fraction of sp³-hybridized carbons (Fsp3) is 0.652. The molecule has 6 rings (SSSR count). The van der Waals surface area contributed by atoms with Crippen molar-refractivity contribution in [2.45, 2.75) is 64.3 Å². The average Bonchev–Trinajstić information content (AvgIpc) is 3.12. The second-order valence-corrected chi connectivity index (χ2v) is 10.7. The van der Waals surface area contributed by atoms with Gasteiger partial charge in [0.05, 0.1) is 5.41 Å². The molecule has 1 saturated heterocycles. The summed E-state index contributed by atoms with van der Waals surface area (Å²) >= 11 is 3.47. The maximum atomic E-state index is 13.7. The molecule has 1 aromatic carbocycles. The molecule has 150 valence electrons. The molecular weight excluding hydrogens is 416 g/mol. The number of amides is 2. The van der Waals surface area contributed by atoms with Crippen LogP contribution in [-0.4, -0.2) is 29.3 Å². The van der Waals surface area contributed by atoms with Crippen molar-refractivity contribution in [3.63, 3.8) is 0 Å². The van der Waals surface area contributed by atoms with Crippen molar-refractivity contribution in [1.29, 1.82) is 0 Å². The summed E-state index contributed by atoms with van der Waals surface area (Å²) in [5, 5.41) is 3.08. The average molecular weight is 445 g/mol. The molecular formula is C23H29BrN2O2. The number of anilines is 1. The first-order valence-corrected chi connectivity index (χ1v) is 11.6. The van der Waals surface area contributed by atoms with Gasteiger partial charge in [-0.1, -0.05) is 15.9 Å². The highest BCUT2D eigenvalue weighted by molar-refractivity contribution is 9.10. The van der Waals surface area contributed by atoms with Gasteiger partial charge in [-0.3, -0.25) is 9.59 Å². The van der Waals surface area contributed by atoms with Gasteiger partial charge in [0.1, 0.15) is 6.04 Å². The van der Waals surface area contributed by atoms with Crippen molar-refractivity contribution in [2.75, 3.05) is 11.9 Å². The lowest BCUT2D eigenvalue weighted by molar-refractivity contribution is -0.160. The van der Waals surface area contributed by atoms with Crippen molar-refractivity contribution in [3.8, 4) is 0 Å². The van der Waals surface area contributed by atoms with E-state index in [1.165, 1.54) is 19.3 Å². The molecule has 1 unspecified atom stereocenters. The highest BCUT2D eigenvalue weighted by Crippen LogP contribution is 2.60. The van der Waals surface area contributed by atoms with Crippen molar-refractivity contribution < 1.29 is 9.59 Å². The Hall–Kier alpha value is -1.36. The van der Waals surface area contributed by atoms with Crippen LogP contribution in [0.4, 0.5) is 5.69 Å². The predicted octanol–water partition coefficient (Wildman–Crippen LogP) is 4.90. The summed E-state index contributed by atoms with van der Waals surface area (Å²) in [5.41, 5.74) is 1.70. The second-order valence-electron chi connectivity index (χ2n) is 9.80. The predicted molar refractivity (Wildman–Crippen MR) is 113 cm³/mol. The number of rotatable bonds is 3. The first-order valence-electron chi connectivity index (χ1n) is 10.8. The first kappa shape index (κ1) is 18.7. The normalized spacial score (nSPS) is 36.0. The van der Waals surface area contributed by atoms with Gasteiger partial charge >= 0.3 is 0 Å². The van der Waals surface area contributed by atoms with Gasteiger partial charge < -0.3 is 10.2 Å². The van der Waals surface area contributed by atoms with E-state index in [-0.39, 0.29) is 23.3 Å². The van der Waals surface area contributed by atoms with Gasteiger partial charge in [0.2, 0.25) is 11.8 Å². The Bertz CT molecular complexity index is 786. The largest absolute Gasteiger partial charge is 0.330 e. The van der Waals surface area contributed by atoms with E-state index in [9.17, 15) is 9.59 Å². The monoisotopic (exact) mass is 444 g/mol. The highest BCUT2D eigenvalue weighted by Gasteiger charge is 2.56. The zero-order chi connectivity index (χ0) is 19.5. The molecule has 5 heteroatoms. The molecule has 5 fully saturated rings. The van der Waals surface area contributed by atoms with Gasteiger partial charge in [0, 0.05) is 16.7 Å². The molecule has 4 nitrogen and oxygen atoms in total. The Kier molecular flexibility index (Phi) is 4.57. The SMILES string of the molecule is Cc1cc(Br)ccc1NC(=O)C1CCCN1C(=O)C12CC3CC(CC(C3)C1)C2. The van der Waals surface area contributed by atoms with Crippen molar-refractivity contribution in [1.82, 2.24) is 4.90 Å². The summed E-state index contributed by atoms with van der Waals surface area (Å²) in [7, 11) is 0. The molecule has 1 heterocycles. The molecule has 0 aromatic heterocycles. The minimum atomic E-state index is -0.316. The van der Waals surface area contributed by atoms with Crippen LogP contribution in [0.3, 0.4) is 0 Å². The summed E-state index contributed by atoms with van der Waals surface area (Å²) in [5.74, 6) is 2.50. The van der Waals surface area contributed by atoms with E-state index in [0.717, 1.165) is 72.1 Å². The molecule has 0 spiro atoms. The van der Waals surface area contributed by atoms with Crippen molar-refractivity contribution >= 4 is 33.4 Å². The van der Waals surface area contributed by atoms with E-state index in [2.05, 4.69) is 21.2 Å². The van der Waals surface area contributed by atoms with E-state index < -0.39 is 0 Å². The molecule has 1 atom stereocenters. The maximum Gasteiger partial charge on any atom is 0.247 e. The fourth-order valence-corrected chi connectivity index (χ4v) is 7.42. The molecule has 2 amide bonds. The number of carbonyl (C=O) groups is 2. The van der Waals surface area contributed by atoms with Crippen LogP contribution in [0.5, 0.6) is 0 Å². The summed E-state index contributed by atoms with van der Waals surface area (Å²) in [6.45, 7) is 2.73. The maximum absolute atomic E-state index is 13.7. The van der Waals surface area contributed by atoms with Crippen LogP contribution in [0.1, 0.15) is 56.9 Å². The standard InChI is InChI=1S/C23H29BrN2O2/c1-14-7-18(24)4-5-19(14)25-21(27)20-3-2-6-26(20)22(28)23-11-15-8-16(12-23)10-17(9-15)13-23/h4-5,7,15-17,20H,2-3,6,8-13H2,1H3,(H,25,27). The van der Waals surface area contributed by atoms with Crippen LogP contribution in [0.25, 0.3) is 0 Å². The van der Waals surface area contributed by atoms with Gasteiger partial charge in [-0.2, -0.15) is 0 Å². The number of aryl methyl sites for hydroxylation is 1. The molecule has 5 aliphatic rings. The van der Waals surface area contributed by atoms with Crippen LogP contribution in [0, 0.1) is 30.1 Å². The molecule has 4 aliphatic carbocycles. The lowest BCUT2D eigenvalue weighted by Gasteiger charge is -2.56. The molecule has 1 aliphatic heterocycles. The third kappa shape index (κ3) is 3.10. The van der Waals surface area contributed by atoms with Gasteiger partial charge in [-0.05, 0) is 99.8 Å². The van der Waals surface area contributed by atoms with Crippen LogP contribution in [0.15, 0.2) is 22.7 Å². The highest BCUT2D eigenvalue weighted by atomic mass is 79.9. The van der Waals surface area contributed by atoms with E-state index in [0.29, 0.717) is 0 Å². The molecule has 1 aromatic rings. The Labute approximate surface area is 175 Å². The molecule has 4 bridgehead atoms. The van der Waals surface area contributed by atoms with Gasteiger partial charge in [0.25, 0.3) is 0 Å². The number of hydrogen-bond acceptors (Lipinski definition) is 2. The van der Waals surface area contributed by atoms with Crippen LogP contribution in [-0.2, 0) is 9.59 Å². The summed E-state index contributed by atoms with van der Waals surface area (Å²) in [6.07, 6.45) is 8.89. The van der Waals surface area contributed by atoms with Gasteiger partial charge in [-0.15, -0.1) is 0 Å². The number of nitrogens with one attached hydrogen (secondary N) is 1. The minimum absolute atomic E-state index is 0.0269. The van der Waals surface area contributed by atoms with E-state index >= 15 is 0 Å². The molecule has 4 saturated carbocycles. The number of hydrogen-bond donors (Lipinski definition) is 1. The smallest absolute Gasteiger partial charge is 0.247 e. The number of carbonyl (C=O) groups excluding carboxylic acids is 2. The van der Waals surface area contributed by atoms with E-state index in [4.69, 9.17) is 0 Å². The van der Waals surface area contributed by atoms with Crippen LogP contribution >= 0.6 is 15.9 Å². The minimum Gasteiger partial charge on any atom is -0.330 e. The Morgan fingerprint density at radius 2 is 1.75 bits per heavy atom. The van der Waals surface area contributed by atoms with Gasteiger partial charge in [-0.25, -0.2) is 0 Å². The quantitative estimate of drug-likeness (QED) is 0.719. The number of likely N-dealkylation sites (tertiary alicyclic amines) is 1. The number of nitrogens with zero attached hydrogens (tertiary/aromatic N) is 1. The van der Waals surface area contributed by atoms with Crippen LogP contribution in [0.2, 0.25) is 0 Å². The summed E-state index contributed by atoms with van der Waals surface area (Å²) in [6, 6.07) is 5.55. The van der Waals surface area contributed by atoms with E-state index in [1.807, 2.05) is 30.0 Å². The Morgan fingerprint density at radius 3 is 2.36 bits per heavy atom. The lowest BCUT2D eigenvalue weighted by Crippen LogP contribution is -2.56. The second kappa shape index (κ2) is 6.86. The Morgan fingerprint density at radius 1 is 1.11 bits per heavy atom. The van der Waals surface area contributed by atoms with Gasteiger partial charge in [0.15, 0.2) is 0 Å². The third-order valence-corrected chi connectivity index (χ3v) is 8.25. The van der Waals surface area contributed by atoms with Crippen molar-refractivity contribution in [2.24, 2.45) is 23.2 Å². The summed E-state index contributed by atoms with van der Waals surface area (Å²) in [4.78, 5) is 28.7. The zero-order valence-electron chi connectivity index (χ0n) is 16.5. The number of benzene rings is 1. The van der Waals surface area contributed by atoms with Crippen LogP contribution < -0.4 is 5.32 Å². The fourth-order valence-electron chi connectivity index (χ4n) is 6.94. The zero-order valence-corrected chi connectivity index (χ0v) is 18.1. The molecule has 1 N–H and O–H groups in total. The first-order chi connectivity index (χ1) is 13.4. The molecule has 28 heavy (non-hydrogen) atoms. The number of halogens is 1.